The Balaban J connectivity index is 1.90. The maximum absolute atomic E-state index is 12.3. The second-order valence-corrected chi connectivity index (χ2v) is 8.61. The number of hydrogen-bond donors (Lipinski definition) is 2. The summed E-state index contributed by atoms with van der Waals surface area (Å²) in [5.41, 5.74) is 0. The van der Waals surface area contributed by atoms with Crippen LogP contribution in [0.15, 0.2) is 16.3 Å². The molecule has 120 valence electrons. The minimum Gasteiger partial charge on any atom is -0.312 e. The molecule has 1 aliphatic rings. The SMILES string of the molecule is CCNCc1ccc(S(=O)(=O)NCC(C)N2CCCC2)s1. The topological polar surface area (TPSA) is 61.4 Å². The van der Waals surface area contributed by atoms with E-state index in [1.165, 1.54) is 24.2 Å². The lowest BCUT2D eigenvalue weighted by atomic mass is 10.3. The van der Waals surface area contributed by atoms with Crippen molar-refractivity contribution < 1.29 is 8.42 Å². The molecule has 0 spiro atoms. The second kappa shape index (κ2) is 7.69. The number of nitrogens with one attached hydrogen (secondary N) is 2. The molecular formula is C14H25N3O2S2. The third-order valence-corrected chi connectivity index (χ3v) is 6.78. The first kappa shape index (κ1) is 16.9. The van der Waals surface area contributed by atoms with Crippen molar-refractivity contribution in [3.8, 4) is 0 Å². The Morgan fingerprint density at radius 2 is 2.05 bits per heavy atom. The van der Waals surface area contributed by atoms with Gasteiger partial charge in [-0.2, -0.15) is 0 Å². The summed E-state index contributed by atoms with van der Waals surface area (Å²) in [5, 5.41) is 3.21. The van der Waals surface area contributed by atoms with Gasteiger partial charge in [-0.1, -0.05) is 6.92 Å². The van der Waals surface area contributed by atoms with Crippen LogP contribution in [0.3, 0.4) is 0 Å². The molecular weight excluding hydrogens is 306 g/mol. The first-order chi connectivity index (χ1) is 10.0. The molecule has 1 atom stereocenters. The molecule has 1 unspecified atom stereocenters. The van der Waals surface area contributed by atoms with Crippen molar-refractivity contribution in [2.24, 2.45) is 0 Å². The van der Waals surface area contributed by atoms with Crippen LogP contribution >= 0.6 is 11.3 Å². The van der Waals surface area contributed by atoms with E-state index < -0.39 is 10.0 Å². The molecule has 1 aliphatic heterocycles. The van der Waals surface area contributed by atoms with Gasteiger partial charge in [-0.3, -0.25) is 4.90 Å². The van der Waals surface area contributed by atoms with Gasteiger partial charge in [-0.15, -0.1) is 11.3 Å². The van der Waals surface area contributed by atoms with Crippen LogP contribution in [0.4, 0.5) is 0 Å². The van der Waals surface area contributed by atoms with Crippen molar-refractivity contribution in [2.45, 2.75) is 43.5 Å². The molecule has 2 N–H and O–H groups in total. The van der Waals surface area contributed by atoms with Crippen LogP contribution in [0, 0.1) is 0 Å². The van der Waals surface area contributed by atoms with E-state index in [4.69, 9.17) is 0 Å². The highest BCUT2D eigenvalue weighted by Crippen LogP contribution is 2.21. The number of hydrogen-bond acceptors (Lipinski definition) is 5. The van der Waals surface area contributed by atoms with Crippen LogP contribution < -0.4 is 10.0 Å². The lowest BCUT2D eigenvalue weighted by Crippen LogP contribution is -2.40. The highest BCUT2D eigenvalue weighted by Gasteiger charge is 2.22. The van der Waals surface area contributed by atoms with Gasteiger partial charge in [0.15, 0.2) is 0 Å². The molecule has 1 fully saturated rings. The Labute approximate surface area is 131 Å². The molecule has 0 radical (unpaired) electrons. The molecule has 1 aromatic rings. The molecule has 2 rings (SSSR count). The number of likely N-dealkylation sites (tertiary alicyclic amines) is 1. The molecule has 5 nitrogen and oxygen atoms in total. The zero-order valence-electron chi connectivity index (χ0n) is 12.8. The van der Waals surface area contributed by atoms with Gasteiger partial charge in [0.1, 0.15) is 4.21 Å². The van der Waals surface area contributed by atoms with Crippen LogP contribution in [0.1, 0.15) is 31.6 Å². The molecule has 7 heteroatoms. The standard InChI is InChI=1S/C14H25N3O2S2/c1-3-15-11-13-6-7-14(20-13)21(18,19)16-10-12(2)17-8-4-5-9-17/h6-7,12,15-16H,3-5,8-11H2,1-2H3. The molecule has 0 amide bonds. The Kier molecular flexibility index (Phi) is 6.19. The average Bonchev–Trinajstić information content (AvgIpc) is 3.13. The van der Waals surface area contributed by atoms with Gasteiger partial charge in [-0.05, 0) is 51.5 Å². The third kappa shape index (κ3) is 4.75. The second-order valence-electron chi connectivity index (χ2n) is 5.45. The largest absolute Gasteiger partial charge is 0.312 e. The van der Waals surface area contributed by atoms with Crippen LogP contribution in [-0.4, -0.2) is 45.5 Å². The third-order valence-electron chi connectivity index (χ3n) is 3.78. The van der Waals surface area contributed by atoms with Gasteiger partial charge in [0.25, 0.3) is 0 Å². The van der Waals surface area contributed by atoms with E-state index in [0.29, 0.717) is 10.8 Å². The number of sulfonamides is 1. The minimum absolute atomic E-state index is 0.253. The van der Waals surface area contributed by atoms with Crippen LogP contribution in [0.2, 0.25) is 0 Å². The number of nitrogens with zero attached hydrogens (tertiary/aromatic N) is 1. The van der Waals surface area contributed by atoms with E-state index in [-0.39, 0.29) is 6.04 Å². The minimum atomic E-state index is -3.38. The van der Waals surface area contributed by atoms with E-state index in [0.717, 1.165) is 31.1 Å². The van der Waals surface area contributed by atoms with E-state index in [9.17, 15) is 8.42 Å². The van der Waals surface area contributed by atoms with Gasteiger partial charge in [0.05, 0.1) is 0 Å². The average molecular weight is 332 g/mol. The molecule has 0 saturated carbocycles. The van der Waals surface area contributed by atoms with Crippen molar-refractivity contribution in [3.63, 3.8) is 0 Å². The lowest BCUT2D eigenvalue weighted by Gasteiger charge is -2.23. The molecule has 0 aromatic carbocycles. The Morgan fingerprint density at radius 3 is 2.71 bits per heavy atom. The smallest absolute Gasteiger partial charge is 0.250 e. The predicted octanol–water partition coefficient (Wildman–Crippen LogP) is 1.62. The molecule has 1 aromatic heterocycles. The Bertz CT molecular complexity index is 536. The molecule has 0 bridgehead atoms. The fourth-order valence-corrected chi connectivity index (χ4v) is 4.95. The molecule has 0 aliphatic carbocycles. The molecule has 2 heterocycles. The fraction of sp³-hybridized carbons (Fsp3) is 0.714. The number of rotatable bonds is 8. The van der Waals surface area contributed by atoms with Gasteiger partial charge < -0.3 is 5.32 Å². The van der Waals surface area contributed by atoms with E-state index in [1.807, 2.05) is 13.0 Å². The van der Waals surface area contributed by atoms with Crippen molar-refractivity contribution in [3.05, 3.63) is 17.0 Å². The Morgan fingerprint density at radius 1 is 1.33 bits per heavy atom. The van der Waals surface area contributed by atoms with Crippen LogP contribution in [-0.2, 0) is 16.6 Å². The van der Waals surface area contributed by atoms with E-state index in [1.54, 1.807) is 6.07 Å². The van der Waals surface area contributed by atoms with Crippen LogP contribution in [0.25, 0.3) is 0 Å². The Hall–Kier alpha value is -0.470. The molecule has 21 heavy (non-hydrogen) atoms. The summed E-state index contributed by atoms with van der Waals surface area (Å²) in [6, 6.07) is 3.83. The first-order valence-corrected chi connectivity index (χ1v) is 9.86. The lowest BCUT2D eigenvalue weighted by molar-refractivity contribution is 0.260. The van der Waals surface area contributed by atoms with Crippen molar-refractivity contribution in [1.82, 2.24) is 14.9 Å². The zero-order chi connectivity index (χ0) is 15.3. The zero-order valence-corrected chi connectivity index (χ0v) is 14.4. The van der Waals surface area contributed by atoms with Crippen molar-refractivity contribution in [2.75, 3.05) is 26.2 Å². The summed E-state index contributed by atoms with van der Waals surface area (Å²) in [5.74, 6) is 0. The van der Waals surface area contributed by atoms with Gasteiger partial charge in [-0.25, -0.2) is 13.1 Å². The van der Waals surface area contributed by atoms with E-state index in [2.05, 4.69) is 21.9 Å². The summed E-state index contributed by atoms with van der Waals surface area (Å²) in [6.45, 7) is 8.35. The van der Waals surface area contributed by atoms with Crippen LogP contribution in [0.5, 0.6) is 0 Å². The number of thiophene rings is 1. The van der Waals surface area contributed by atoms with Gasteiger partial charge in [0.2, 0.25) is 10.0 Å². The van der Waals surface area contributed by atoms with Gasteiger partial charge >= 0.3 is 0 Å². The maximum atomic E-state index is 12.3. The normalized spacial score (nSPS) is 18.2. The summed E-state index contributed by atoms with van der Waals surface area (Å²) in [6.07, 6.45) is 2.44. The highest BCUT2D eigenvalue weighted by molar-refractivity contribution is 7.91. The van der Waals surface area contributed by atoms with Crippen molar-refractivity contribution >= 4 is 21.4 Å². The highest BCUT2D eigenvalue weighted by atomic mass is 32.2. The van der Waals surface area contributed by atoms with E-state index >= 15 is 0 Å². The quantitative estimate of drug-likeness (QED) is 0.760. The monoisotopic (exact) mass is 331 g/mol. The molecule has 1 saturated heterocycles. The maximum Gasteiger partial charge on any atom is 0.250 e. The van der Waals surface area contributed by atoms with Crippen molar-refractivity contribution in [1.29, 1.82) is 0 Å². The summed E-state index contributed by atoms with van der Waals surface area (Å²) < 4.78 is 27.7. The fourth-order valence-electron chi connectivity index (χ4n) is 2.46. The summed E-state index contributed by atoms with van der Waals surface area (Å²) in [7, 11) is -3.38. The van der Waals surface area contributed by atoms with Gasteiger partial charge in [0, 0.05) is 24.0 Å². The first-order valence-electron chi connectivity index (χ1n) is 7.56. The summed E-state index contributed by atoms with van der Waals surface area (Å²) in [4.78, 5) is 3.39. The predicted molar refractivity (Wildman–Crippen MR) is 87.2 cm³/mol. The summed E-state index contributed by atoms with van der Waals surface area (Å²) >= 11 is 1.34.